The first-order chi connectivity index (χ1) is 12.2. The van der Waals surface area contributed by atoms with E-state index in [2.05, 4.69) is 10.6 Å². The third-order valence-electron chi connectivity index (χ3n) is 3.97. The number of hydrogen-bond donors (Lipinski definition) is 3. The molecule has 0 saturated carbocycles. The Labute approximate surface area is 153 Å². The Hall–Kier alpha value is -2.44. The van der Waals surface area contributed by atoms with E-state index in [0.29, 0.717) is 19.3 Å². The van der Waals surface area contributed by atoms with Gasteiger partial charge in [-0.2, -0.15) is 0 Å². The maximum Gasteiger partial charge on any atom is 0.326 e. The zero-order valence-corrected chi connectivity index (χ0v) is 15.4. The summed E-state index contributed by atoms with van der Waals surface area (Å²) < 4.78 is 13.1. The van der Waals surface area contributed by atoms with E-state index in [9.17, 15) is 18.8 Å². The van der Waals surface area contributed by atoms with Crippen LogP contribution >= 0.6 is 0 Å². The highest BCUT2D eigenvalue weighted by Crippen LogP contribution is 2.11. The van der Waals surface area contributed by atoms with Gasteiger partial charge in [0.15, 0.2) is 0 Å². The van der Waals surface area contributed by atoms with E-state index in [0.717, 1.165) is 5.56 Å². The predicted molar refractivity (Wildman–Crippen MR) is 95.9 cm³/mol. The molecule has 0 aliphatic heterocycles. The van der Waals surface area contributed by atoms with E-state index < -0.39 is 17.9 Å². The summed E-state index contributed by atoms with van der Waals surface area (Å²) in [6.45, 7) is 5.19. The van der Waals surface area contributed by atoms with Crippen molar-refractivity contribution in [3.8, 4) is 0 Å². The van der Waals surface area contributed by atoms with E-state index in [1.54, 1.807) is 19.1 Å². The molecule has 0 heterocycles. The van der Waals surface area contributed by atoms with Crippen molar-refractivity contribution < 1.29 is 23.9 Å². The molecule has 26 heavy (non-hydrogen) atoms. The van der Waals surface area contributed by atoms with Crippen LogP contribution in [-0.2, 0) is 20.8 Å². The number of benzene rings is 1. The van der Waals surface area contributed by atoms with Crippen LogP contribution < -0.4 is 10.6 Å². The second-order valence-electron chi connectivity index (χ2n) is 6.88. The molecular weight excluding hydrogens is 339 g/mol. The summed E-state index contributed by atoms with van der Waals surface area (Å²) >= 11 is 0. The van der Waals surface area contributed by atoms with Crippen LogP contribution in [0.2, 0.25) is 0 Å². The predicted octanol–water partition coefficient (Wildman–Crippen LogP) is 2.13. The van der Waals surface area contributed by atoms with Gasteiger partial charge < -0.3 is 15.7 Å². The van der Waals surface area contributed by atoms with Crippen molar-refractivity contribution in [3.63, 3.8) is 0 Å². The Kier molecular flexibility index (Phi) is 8.75. The molecule has 0 radical (unpaired) electrons. The Morgan fingerprint density at radius 3 is 2.46 bits per heavy atom. The van der Waals surface area contributed by atoms with E-state index in [1.165, 1.54) is 12.1 Å². The van der Waals surface area contributed by atoms with E-state index >= 15 is 0 Å². The number of carboxylic acids is 1. The lowest BCUT2D eigenvalue weighted by atomic mass is 10.0. The molecule has 0 aliphatic rings. The fourth-order valence-electron chi connectivity index (χ4n) is 2.49. The van der Waals surface area contributed by atoms with Crippen molar-refractivity contribution >= 4 is 17.8 Å². The van der Waals surface area contributed by atoms with Gasteiger partial charge >= 0.3 is 5.97 Å². The van der Waals surface area contributed by atoms with Crippen molar-refractivity contribution in [1.29, 1.82) is 0 Å². The van der Waals surface area contributed by atoms with Crippen molar-refractivity contribution in [2.24, 2.45) is 11.8 Å². The van der Waals surface area contributed by atoms with Crippen molar-refractivity contribution in [1.82, 2.24) is 10.6 Å². The first-order valence-corrected chi connectivity index (χ1v) is 8.73. The molecule has 0 bridgehead atoms. The van der Waals surface area contributed by atoms with Gasteiger partial charge in [0.05, 0.1) is 6.54 Å². The van der Waals surface area contributed by atoms with Gasteiger partial charge in [-0.05, 0) is 42.9 Å². The van der Waals surface area contributed by atoms with Gasteiger partial charge in [-0.25, -0.2) is 9.18 Å². The number of aliphatic carboxylic acids is 1. The molecule has 1 rings (SSSR count). The highest BCUT2D eigenvalue weighted by molar-refractivity contribution is 5.88. The van der Waals surface area contributed by atoms with Crippen LogP contribution in [0.15, 0.2) is 24.3 Å². The van der Waals surface area contributed by atoms with Crippen molar-refractivity contribution in [2.45, 2.75) is 46.1 Å². The third-order valence-corrected chi connectivity index (χ3v) is 3.97. The van der Waals surface area contributed by atoms with Gasteiger partial charge in [-0.1, -0.05) is 32.9 Å². The zero-order valence-electron chi connectivity index (χ0n) is 15.4. The molecule has 0 fully saturated rings. The SMILES string of the molecule is CC(C)C[C@H](NC(=O)CNC(=O)C(C)CCc1cccc(F)c1)C(=O)O. The summed E-state index contributed by atoms with van der Waals surface area (Å²) in [5.74, 6) is -2.48. The average molecular weight is 366 g/mol. The molecular formula is C19H27FN2O4. The van der Waals surface area contributed by atoms with Crippen LogP contribution in [0.5, 0.6) is 0 Å². The maximum absolute atomic E-state index is 13.1. The molecule has 0 aliphatic carbocycles. The molecule has 0 saturated heterocycles. The van der Waals surface area contributed by atoms with E-state index in [4.69, 9.17) is 5.11 Å². The Balaban J connectivity index is 2.39. The van der Waals surface area contributed by atoms with Gasteiger partial charge in [0.2, 0.25) is 11.8 Å². The summed E-state index contributed by atoms with van der Waals surface area (Å²) in [6.07, 6.45) is 1.38. The van der Waals surface area contributed by atoms with Crippen LogP contribution in [0.25, 0.3) is 0 Å². The van der Waals surface area contributed by atoms with Crippen LogP contribution in [0.1, 0.15) is 39.2 Å². The van der Waals surface area contributed by atoms with Gasteiger partial charge in [0.25, 0.3) is 0 Å². The fraction of sp³-hybridized carbons (Fsp3) is 0.526. The number of rotatable bonds is 10. The topological polar surface area (TPSA) is 95.5 Å². The zero-order chi connectivity index (χ0) is 19.7. The highest BCUT2D eigenvalue weighted by atomic mass is 19.1. The molecule has 144 valence electrons. The molecule has 7 heteroatoms. The fourth-order valence-corrected chi connectivity index (χ4v) is 2.49. The molecule has 0 spiro atoms. The minimum absolute atomic E-state index is 0.119. The number of carbonyl (C=O) groups is 3. The molecule has 1 unspecified atom stereocenters. The first kappa shape index (κ1) is 21.6. The largest absolute Gasteiger partial charge is 0.480 e. The third kappa shape index (κ3) is 8.09. The number of amides is 2. The number of carboxylic acid groups (broad SMARTS) is 1. The standard InChI is InChI=1S/C19H27FN2O4/c1-12(2)9-16(19(25)26)22-17(23)11-21-18(24)13(3)7-8-14-5-4-6-15(20)10-14/h4-6,10,12-13,16H,7-9,11H2,1-3H3,(H,21,24)(H,22,23)(H,25,26)/t13?,16-/m0/s1. The maximum atomic E-state index is 13.1. The van der Waals surface area contributed by atoms with Crippen molar-refractivity contribution in [3.05, 3.63) is 35.6 Å². The van der Waals surface area contributed by atoms with Crippen LogP contribution in [-0.4, -0.2) is 35.5 Å². The summed E-state index contributed by atoms with van der Waals surface area (Å²) in [5, 5.41) is 14.0. The second kappa shape index (κ2) is 10.5. The molecule has 6 nitrogen and oxygen atoms in total. The monoisotopic (exact) mass is 366 g/mol. The lowest BCUT2D eigenvalue weighted by molar-refractivity contribution is -0.142. The summed E-state index contributed by atoms with van der Waals surface area (Å²) in [5.41, 5.74) is 0.806. The molecule has 0 aromatic heterocycles. The van der Waals surface area contributed by atoms with E-state index in [-0.39, 0.29) is 30.1 Å². The summed E-state index contributed by atoms with van der Waals surface area (Å²) in [6, 6.07) is 5.24. The number of halogens is 1. The number of nitrogens with one attached hydrogen (secondary N) is 2. The molecule has 1 aromatic rings. The lowest BCUT2D eigenvalue weighted by Gasteiger charge is -2.17. The minimum atomic E-state index is -1.10. The van der Waals surface area contributed by atoms with Gasteiger partial charge in [-0.15, -0.1) is 0 Å². The van der Waals surface area contributed by atoms with Crippen molar-refractivity contribution in [2.75, 3.05) is 6.54 Å². The van der Waals surface area contributed by atoms with Gasteiger partial charge in [0.1, 0.15) is 11.9 Å². The number of carbonyl (C=O) groups excluding carboxylic acids is 2. The number of hydrogen-bond acceptors (Lipinski definition) is 3. The van der Waals surface area contributed by atoms with E-state index in [1.807, 2.05) is 13.8 Å². The normalized spacial score (nSPS) is 13.1. The Morgan fingerprint density at radius 1 is 1.19 bits per heavy atom. The molecule has 1 aromatic carbocycles. The number of aryl methyl sites for hydroxylation is 1. The summed E-state index contributed by atoms with van der Waals surface area (Å²) in [4.78, 5) is 35.0. The Bertz CT molecular complexity index is 634. The quantitative estimate of drug-likeness (QED) is 0.591. The second-order valence-corrected chi connectivity index (χ2v) is 6.88. The van der Waals surface area contributed by atoms with Gasteiger partial charge in [0, 0.05) is 5.92 Å². The molecule has 2 amide bonds. The smallest absolute Gasteiger partial charge is 0.326 e. The van der Waals surface area contributed by atoms with Gasteiger partial charge in [-0.3, -0.25) is 9.59 Å². The minimum Gasteiger partial charge on any atom is -0.480 e. The molecule has 2 atom stereocenters. The average Bonchev–Trinajstić information content (AvgIpc) is 2.56. The summed E-state index contributed by atoms with van der Waals surface area (Å²) in [7, 11) is 0. The van der Waals surface area contributed by atoms with Crippen LogP contribution in [0, 0.1) is 17.7 Å². The Morgan fingerprint density at radius 2 is 1.88 bits per heavy atom. The lowest BCUT2D eigenvalue weighted by Crippen LogP contribution is -2.46. The van der Waals surface area contributed by atoms with Crippen LogP contribution in [0.4, 0.5) is 4.39 Å². The molecule has 3 N–H and O–H groups in total. The highest BCUT2D eigenvalue weighted by Gasteiger charge is 2.21. The van der Waals surface area contributed by atoms with Crippen LogP contribution in [0.3, 0.4) is 0 Å². The first-order valence-electron chi connectivity index (χ1n) is 8.73.